The third-order valence-electron chi connectivity index (χ3n) is 5.43. The van der Waals surface area contributed by atoms with Crippen molar-refractivity contribution in [2.45, 2.75) is 58.8 Å². The van der Waals surface area contributed by atoms with Crippen LogP contribution in [0.15, 0.2) is 48.5 Å². The zero-order valence-electron chi connectivity index (χ0n) is 20.7. The molecule has 0 bridgehead atoms. The SMILES string of the molecule is CC(C)c1ccc(N(CCCC(=O)NCCOc2ccc(C(C)(C)C)cc2)S(C)(=O)=O)cc1. The van der Waals surface area contributed by atoms with E-state index in [2.05, 4.69) is 52.1 Å². The Morgan fingerprint density at radius 2 is 1.64 bits per heavy atom. The van der Waals surface area contributed by atoms with E-state index in [0.29, 0.717) is 31.2 Å². The van der Waals surface area contributed by atoms with Gasteiger partial charge in [-0.25, -0.2) is 8.42 Å². The Hall–Kier alpha value is -2.54. The van der Waals surface area contributed by atoms with Crippen molar-refractivity contribution >= 4 is 21.6 Å². The van der Waals surface area contributed by atoms with Gasteiger partial charge >= 0.3 is 0 Å². The molecule has 0 spiro atoms. The van der Waals surface area contributed by atoms with Crippen LogP contribution in [0, 0.1) is 0 Å². The number of anilines is 1. The van der Waals surface area contributed by atoms with Crippen LogP contribution < -0.4 is 14.4 Å². The molecule has 0 heterocycles. The number of nitrogens with zero attached hydrogens (tertiary/aromatic N) is 1. The normalized spacial score (nSPS) is 12.0. The molecule has 0 saturated heterocycles. The number of amides is 1. The van der Waals surface area contributed by atoms with Crippen molar-refractivity contribution in [3.05, 3.63) is 59.7 Å². The summed E-state index contributed by atoms with van der Waals surface area (Å²) in [5.74, 6) is 1.02. The van der Waals surface area contributed by atoms with Gasteiger partial charge in [0.1, 0.15) is 12.4 Å². The first-order valence-electron chi connectivity index (χ1n) is 11.5. The zero-order valence-corrected chi connectivity index (χ0v) is 21.5. The molecule has 1 amide bonds. The molecular formula is C26H38N2O4S. The van der Waals surface area contributed by atoms with Gasteiger partial charge in [-0.15, -0.1) is 0 Å². The molecule has 33 heavy (non-hydrogen) atoms. The highest BCUT2D eigenvalue weighted by Crippen LogP contribution is 2.24. The fraction of sp³-hybridized carbons (Fsp3) is 0.500. The molecule has 0 aliphatic rings. The largest absolute Gasteiger partial charge is 0.492 e. The highest BCUT2D eigenvalue weighted by atomic mass is 32.2. The summed E-state index contributed by atoms with van der Waals surface area (Å²) < 4.78 is 31.6. The minimum Gasteiger partial charge on any atom is -0.492 e. The fourth-order valence-electron chi connectivity index (χ4n) is 3.39. The highest BCUT2D eigenvalue weighted by Gasteiger charge is 2.18. The van der Waals surface area contributed by atoms with Crippen LogP contribution in [0.25, 0.3) is 0 Å². The van der Waals surface area contributed by atoms with Gasteiger partial charge in [0.15, 0.2) is 0 Å². The van der Waals surface area contributed by atoms with Crippen LogP contribution in [0.2, 0.25) is 0 Å². The summed E-state index contributed by atoms with van der Waals surface area (Å²) in [5, 5.41) is 2.83. The highest BCUT2D eigenvalue weighted by molar-refractivity contribution is 7.92. The lowest BCUT2D eigenvalue weighted by Crippen LogP contribution is -2.32. The molecule has 0 radical (unpaired) electrons. The summed E-state index contributed by atoms with van der Waals surface area (Å²) in [6.07, 6.45) is 1.87. The zero-order chi connectivity index (χ0) is 24.6. The Kier molecular flexibility index (Phi) is 9.35. The van der Waals surface area contributed by atoms with Crippen molar-refractivity contribution in [1.29, 1.82) is 0 Å². The van der Waals surface area contributed by atoms with E-state index in [-0.39, 0.29) is 24.3 Å². The van der Waals surface area contributed by atoms with Gasteiger partial charge in [0.25, 0.3) is 0 Å². The molecule has 0 aliphatic carbocycles. The van der Waals surface area contributed by atoms with Crippen molar-refractivity contribution in [1.82, 2.24) is 5.32 Å². The van der Waals surface area contributed by atoms with Crippen LogP contribution in [0.3, 0.4) is 0 Å². The van der Waals surface area contributed by atoms with Gasteiger partial charge in [-0.2, -0.15) is 0 Å². The smallest absolute Gasteiger partial charge is 0.232 e. The lowest BCUT2D eigenvalue weighted by Gasteiger charge is -2.23. The van der Waals surface area contributed by atoms with Gasteiger partial charge in [-0.3, -0.25) is 9.10 Å². The standard InChI is InChI=1S/C26H38N2O4S/c1-20(2)21-9-13-23(14-10-21)28(33(6,30)31)18-7-8-25(29)27-17-19-32-24-15-11-22(12-16-24)26(3,4)5/h9-16,20H,7-8,17-19H2,1-6H3,(H,27,29). The van der Waals surface area contributed by atoms with E-state index in [1.54, 1.807) is 0 Å². The van der Waals surface area contributed by atoms with Crippen molar-refractivity contribution < 1.29 is 17.9 Å². The Balaban J connectivity index is 1.76. The molecule has 0 unspecified atom stereocenters. The molecule has 2 aromatic rings. The molecule has 1 N–H and O–H groups in total. The van der Waals surface area contributed by atoms with E-state index < -0.39 is 10.0 Å². The summed E-state index contributed by atoms with van der Waals surface area (Å²) in [5.41, 5.74) is 3.10. The van der Waals surface area contributed by atoms with E-state index in [0.717, 1.165) is 11.3 Å². The van der Waals surface area contributed by atoms with Crippen molar-refractivity contribution in [2.75, 3.05) is 30.3 Å². The molecule has 0 saturated carbocycles. The molecule has 0 aliphatic heterocycles. The number of sulfonamides is 1. The third kappa shape index (κ3) is 8.72. The van der Waals surface area contributed by atoms with Gasteiger partial charge in [-0.05, 0) is 53.1 Å². The first-order valence-corrected chi connectivity index (χ1v) is 13.3. The van der Waals surface area contributed by atoms with Crippen LogP contribution in [0.4, 0.5) is 5.69 Å². The second-order valence-electron chi connectivity index (χ2n) is 9.66. The fourth-order valence-corrected chi connectivity index (χ4v) is 4.36. The number of carbonyl (C=O) groups is 1. The molecule has 2 rings (SSSR count). The second kappa shape index (κ2) is 11.5. The number of ether oxygens (including phenoxy) is 1. The predicted molar refractivity (Wildman–Crippen MR) is 136 cm³/mol. The summed E-state index contributed by atoms with van der Waals surface area (Å²) in [6, 6.07) is 15.5. The topological polar surface area (TPSA) is 75.7 Å². The molecule has 0 fully saturated rings. The summed E-state index contributed by atoms with van der Waals surface area (Å²) in [7, 11) is -3.43. The van der Waals surface area contributed by atoms with E-state index in [4.69, 9.17) is 4.74 Å². The maximum Gasteiger partial charge on any atom is 0.232 e. The van der Waals surface area contributed by atoms with E-state index in [1.165, 1.54) is 16.1 Å². The Labute approximate surface area is 199 Å². The molecule has 0 aromatic heterocycles. The lowest BCUT2D eigenvalue weighted by atomic mass is 9.87. The first kappa shape index (κ1) is 26.7. The van der Waals surface area contributed by atoms with Crippen molar-refractivity contribution in [2.24, 2.45) is 0 Å². The molecule has 182 valence electrons. The van der Waals surface area contributed by atoms with Crippen molar-refractivity contribution in [3.63, 3.8) is 0 Å². The third-order valence-corrected chi connectivity index (χ3v) is 6.62. The number of benzene rings is 2. The first-order chi connectivity index (χ1) is 15.4. The maximum absolute atomic E-state index is 12.3. The number of rotatable bonds is 11. The van der Waals surface area contributed by atoms with Gasteiger partial charge in [0.2, 0.25) is 15.9 Å². The van der Waals surface area contributed by atoms with Crippen LogP contribution in [0.5, 0.6) is 5.75 Å². The van der Waals surface area contributed by atoms with Crippen LogP contribution in [-0.4, -0.2) is 40.3 Å². The minimum absolute atomic E-state index is 0.0940. The summed E-state index contributed by atoms with van der Waals surface area (Å²) in [6.45, 7) is 11.7. The predicted octanol–water partition coefficient (Wildman–Crippen LogP) is 4.85. The molecule has 2 aromatic carbocycles. The molecule has 7 heteroatoms. The van der Waals surface area contributed by atoms with E-state index >= 15 is 0 Å². The number of nitrogens with one attached hydrogen (secondary N) is 1. The van der Waals surface area contributed by atoms with E-state index in [9.17, 15) is 13.2 Å². The van der Waals surface area contributed by atoms with Crippen LogP contribution >= 0.6 is 0 Å². The lowest BCUT2D eigenvalue weighted by molar-refractivity contribution is -0.121. The molecular weight excluding hydrogens is 436 g/mol. The number of carbonyl (C=O) groups excluding carboxylic acids is 1. The van der Waals surface area contributed by atoms with Gasteiger partial charge in [0, 0.05) is 13.0 Å². The maximum atomic E-state index is 12.3. The quantitative estimate of drug-likeness (QED) is 0.473. The monoisotopic (exact) mass is 474 g/mol. The van der Waals surface area contributed by atoms with Gasteiger partial charge in [0.05, 0.1) is 18.5 Å². The van der Waals surface area contributed by atoms with Gasteiger partial charge < -0.3 is 10.1 Å². The summed E-state index contributed by atoms with van der Waals surface area (Å²) >= 11 is 0. The van der Waals surface area contributed by atoms with Crippen LogP contribution in [0.1, 0.15) is 64.5 Å². The average Bonchev–Trinajstić information content (AvgIpc) is 2.73. The summed E-state index contributed by atoms with van der Waals surface area (Å²) in [4.78, 5) is 12.2. The number of hydrogen-bond acceptors (Lipinski definition) is 4. The van der Waals surface area contributed by atoms with Gasteiger partial charge in [-0.1, -0.05) is 58.9 Å². The Morgan fingerprint density at radius 1 is 1.03 bits per heavy atom. The number of hydrogen-bond donors (Lipinski definition) is 1. The minimum atomic E-state index is -3.43. The Bertz CT molecular complexity index is 992. The molecule has 6 nitrogen and oxygen atoms in total. The Morgan fingerprint density at radius 3 is 2.15 bits per heavy atom. The van der Waals surface area contributed by atoms with Crippen LogP contribution in [-0.2, 0) is 20.2 Å². The second-order valence-corrected chi connectivity index (χ2v) is 11.6. The van der Waals surface area contributed by atoms with E-state index in [1.807, 2.05) is 36.4 Å². The molecule has 0 atom stereocenters. The van der Waals surface area contributed by atoms with Crippen molar-refractivity contribution in [3.8, 4) is 5.75 Å². The average molecular weight is 475 g/mol.